The summed E-state index contributed by atoms with van der Waals surface area (Å²) in [6, 6.07) is 2.65. The molecule has 3 rings (SSSR count). The van der Waals surface area contributed by atoms with Crippen molar-refractivity contribution in [3.63, 3.8) is 0 Å². The number of rotatable bonds is 5. The molecule has 142 valence electrons. The van der Waals surface area contributed by atoms with E-state index in [0.717, 1.165) is 5.56 Å². The van der Waals surface area contributed by atoms with E-state index in [1.54, 1.807) is 13.8 Å². The number of furan rings is 1. The summed E-state index contributed by atoms with van der Waals surface area (Å²) in [5.74, 6) is -0.598. The van der Waals surface area contributed by atoms with Crippen LogP contribution in [0.3, 0.4) is 0 Å². The third kappa shape index (κ3) is 3.32. The molecule has 10 heteroatoms. The lowest BCUT2D eigenvalue weighted by Gasteiger charge is -2.24. The Labute approximate surface area is 151 Å². The molecule has 3 heterocycles. The number of ether oxygens (including phenoxy) is 1. The van der Waals surface area contributed by atoms with Gasteiger partial charge in [0.25, 0.3) is 10.0 Å². The fraction of sp³-hybridized carbons (Fsp3) is 0.500. The van der Waals surface area contributed by atoms with Gasteiger partial charge in [0.05, 0.1) is 18.9 Å². The summed E-state index contributed by atoms with van der Waals surface area (Å²) in [6.45, 7) is 5.21. The Kier molecular flexibility index (Phi) is 5.28. The zero-order chi connectivity index (χ0) is 18.9. The van der Waals surface area contributed by atoms with Crippen LogP contribution in [0, 0.1) is 13.8 Å². The van der Waals surface area contributed by atoms with E-state index in [4.69, 9.17) is 14.9 Å². The van der Waals surface area contributed by atoms with Gasteiger partial charge in [-0.1, -0.05) is 0 Å². The van der Waals surface area contributed by atoms with Gasteiger partial charge in [-0.3, -0.25) is 4.79 Å². The van der Waals surface area contributed by atoms with E-state index in [-0.39, 0.29) is 23.9 Å². The molecular weight excluding hydrogens is 360 g/mol. The average Bonchev–Trinajstić information content (AvgIpc) is 3.23. The van der Waals surface area contributed by atoms with Crippen molar-refractivity contribution in [3.8, 4) is 0 Å². The Hall–Kier alpha value is -2.01. The molecule has 2 aromatic rings. The van der Waals surface area contributed by atoms with Crippen LogP contribution >= 0.6 is 0 Å². The lowest BCUT2D eigenvalue weighted by atomic mass is 10.1. The molecule has 2 N–H and O–H groups in total. The van der Waals surface area contributed by atoms with E-state index in [1.165, 1.54) is 21.1 Å². The normalized spacial score (nSPS) is 16.1. The number of sulfonamides is 1. The summed E-state index contributed by atoms with van der Waals surface area (Å²) in [7, 11) is -3.79. The molecule has 26 heavy (non-hydrogen) atoms. The largest absolute Gasteiger partial charge is 0.438 e. The molecule has 0 bridgehead atoms. The van der Waals surface area contributed by atoms with E-state index in [9.17, 15) is 13.2 Å². The smallest absolute Gasteiger partial charge is 0.314 e. The highest BCUT2D eigenvalue weighted by Crippen LogP contribution is 2.22. The Morgan fingerprint density at radius 2 is 1.96 bits per heavy atom. The molecule has 1 aliphatic rings. The van der Waals surface area contributed by atoms with Crippen molar-refractivity contribution in [2.75, 3.05) is 32.8 Å². The van der Waals surface area contributed by atoms with Crippen LogP contribution < -0.4 is 5.73 Å². The van der Waals surface area contributed by atoms with Gasteiger partial charge in [-0.15, -0.1) is 0 Å². The van der Waals surface area contributed by atoms with Gasteiger partial charge in [-0.2, -0.15) is 14.1 Å². The lowest BCUT2D eigenvalue weighted by Crippen LogP contribution is -2.40. The lowest BCUT2D eigenvalue weighted by molar-refractivity contribution is 0.0722. The van der Waals surface area contributed by atoms with Crippen LogP contribution in [-0.4, -0.2) is 61.3 Å². The predicted molar refractivity (Wildman–Crippen MR) is 92.5 cm³/mol. The van der Waals surface area contributed by atoms with E-state index in [2.05, 4.69) is 5.10 Å². The Balaban J connectivity index is 1.88. The summed E-state index contributed by atoms with van der Waals surface area (Å²) in [5, 5.41) is 3.98. The van der Waals surface area contributed by atoms with E-state index in [1.807, 2.05) is 0 Å². The number of aromatic nitrogens is 2. The quantitative estimate of drug-likeness (QED) is 0.789. The zero-order valence-electron chi connectivity index (χ0n) is 14.8. The maximum Gasteiger partial charge on any atom is 0.314 e. The summed E-state index contributed by atoms with van der Waals surface area (Å²) < 4.78 is 38.3. The Morgan fingerprint density at radius 1 is 1.27 bits per heavy atom. The van der Waals surface area contributed by atoms with Gasteiger partial charge >= 0.3 is 5.91 Å². The highest BCUT2D eigenvalue weighted by molar-refractivity contribution is 7.89. The van der Waals surface area contributed by atoms with E-state index in [0.29, 0.717) is 37.6 Å². The van der Waals surface area contributed by atoms with Crippen molar-refractivity contribution in [2.45, 2.75) is 25.4 Å². The van der Waals surface area contributed by atoms with Crippen molar-refractivity contribution >= 4 is 15.9 Å². The second-order valence-corrected chi connectivity index (χ2v) is 7.91. The van der Waals surface area contributed by atoms with Gasteiger partial charge in [0, 0.05) is 18.8 Å². The molecule has 1 fully saturated rings. The number of hydrogen-bond acceptors (Lipinski definition) is 7. The molecule has 2 aromatic heterocycles. The van der Waals surface area contributed by atoms with Crippen LogP contribution in [0.5, 0.6) is 0 Å². The van der Waals surface area contributed by atoms with E-state index >= 15 is 0 Å². The number of hydrogen-bond donors (Lipinski definition) is 1. The van der Waals surface area contributed by atoms with Crippen LogP contribution in [0.4, 0.5) is 0 Å². The molecule has 0 aliphatic carbocycles. The first kappa shape index (κ1) is 18.8. The minimum absolute atomic E-state index is 0.0817. The molecule has 9 nitrogen and oxygen atoms in total. The molecule has 0 spiro atoms. The molecule has 0 unspecified atom stereocenters. The van der Waals surface area contributed by atoms with Gasteiger partial charge in [0.1, 0.15) is 0 Å². The van der Waals surface area contributed by atoms with Crippen molar-refractivity contribution in [3.05, 3.63) is 34.8 Å². The summed E-state index contributed by atoms with van der Waals surface area (Å²) in [6.07, 6.45) is 0.611. The molecule has 1 saturated heterocycles. The second kappa shape index (κ2) is 7.31. The Bertz CT molecular complexity index is 909. The minimum atomic E-state index is -3.79. The first-order valence-corrected chi connectivity index (χ1v) is 9.78. The van der Waals surface area contributed by atoms with Gasteiger partial charge in [-0.25, -0.2) is 8.42 Å². The average molecular weight is 382 g/mol. The highest BCUT2D eigenvalue weighted by atomic mass is 32.2. The van der Waals surface area contributed by atoms with Crippen LogP contribution in [-0.2, 0) is 21.2 Å². The number of morpholine rings is 1. The second-order valence-electron chi connectivity index (χ2n) is 6.04. The predicted octanol–water partition coefficient (Wildman–Crippen LogP) is 0.304. The number of nitrogens with two attached hydrogens (primary N) is 1. The van der Waals surface area contributed by atoms with Crippen LogP contribution in [0.25, 0.3) is 0 Å². The molecule has 0 amide bonds. The molecule has 0 saturated carbocycles. The van der Waals surface area contributed by atoms with Gasteiger partial charge in [0.15, 0.2) is 5.76 Å². The molecule has 1 aliphatic heterocycles. The standard InChI is InChI=1S/C16H22N4O5S/c1-11-13(5-6-17)12(2)20(18-11)16(21)14-3-4-15(25-14)26(22,23)19-7-9-24-10-8-19/h3-4H,5-10,17H2,1-2H3. The summed E-state index contributed by atoms with van der Waals surface area (Å²) >= 11 is 0. The molecule has 0 atom stereocenters. The highest BCUT2D eigenvalue weighted by Gasteiger charge is 2.30. The van der Waals surface area contributed by atoms with E-state index < -0.39 is 15.9 Å². The zero-order valence-corrected chi connectivity index (χ0v) is 15.6. The van der Waals surface area contributed by atoms with Crippen LogP contribution in [0.15, 0.2) is 21.6 Å². The fourth-order valence-corrected chi connectivity index (χ4v) is 4.29. The first-order valence-electron chi connectivity index (χ1n) is 8.34. The van der Waals surface area contributed by atoms with Crippen molar-refractivity contribution in [2.24, 2.45) is 5.73 Å². The summed E-state index contributed by atoms with van der Waals surface area (Å²) in [5.41, 5.74) is 7.90. The van der Waals surface area contributed by atoms with Crippen molar-refractivity contribution < 1.29 is 22.4 Å². The number of nitrogens with zero attached hydrogens (tertiary/aromatic N) is 3. The van der Waals surface area contributed by atoms with Crippen LogP contribution in [0.2, 0.25) is 0 Å². The minimum Gasteiger partial charge on any atom is -0.438 e. The number of carbonyl (C=O) groups excluding carboxylic acids is 1. The first-order chi connectivity index (χ1) is 12.4. The van der Waals surface area contributed by atoms with Crippen molar-refractivity contribution in [1.82, 2.24) is 14.1 Å². The molecule has 0 radical (unpaired) electrons. The van der Waals surface area contributed by atoms with Gasteiger partial charge in [-0.05, 0) is 44.5 Å². The molecule has 0 aromatic carbocycles. The maximum absolute atomic E-state index is 12.7. The topological polar surface area (TPSA) is 121 Å². The maximum atomic E-state index is 12.7. The van der Waals surface area contributed by atoms with Gasteiger partial charge < -0.3 is 14.9 Å². The van der Waals surface area contributed by atoms with Crippen LogP contribution in [0.1, 0.15) is 27.5 Å². The third-order valence-corrected chi connectivity index (χ3v) is 6.16. The van der Waals surface area contributed by atoms with Gasteiger partial charge in [0.2, 0.25) is 5.09 Å². The third-order valence-electron chi connectivity index (χ3n) is 4.38. The Morgan fingerprint density at radius 3 is 2.62 bits per heavy atom. The summed E-state index contributed by atoms with van der Waals surface area (Å²) in [4.78, 5) is 12.7. The number of carbonyl (C=O) groups is 1. The fourth-order valence-electron chi connectivity index (χ4n) is 2.97. The SMILES string of the molecule is Cc1nn(C(=O)c2ccc(S(=O)(=O)N3CCOCC3)o2)c(C)c1CCN. The molecular formula is C16H22N4O5S. The van der Waals surface area contributed by atoms with Crippen molar-refractivity contribution in [1.29, 1.82) is 0 Å². The monoisotopic (exact) mass is 382 g/mol. The number of aryl methyl sites for hydroxylation is 1.